The van der Waals surface area contributed by atoms with Crippen LogP contribution in [0.2, 0.25) is 0 Å². The first-order valence-corrected chi connectivity index (χ1v) is 8.40. The summed E-state index contributed by atoms with van der Waals surface area (Å²) >= 11 is 0. The van der Waals surface area contributed by atoms with Gasteiger partial charge in [-0.05, 0) is 73.9 Å². The number of aryl methyl sites for hydroxylation is 2. The molecule has 1 unspecified atom stereocenters. The van der Waals surface area contributed by atoms with Crippen LogP contribution in [-0.4, -0.2) is 36.3 Å². The van der Waals surface area contributed by atoms with Gasteiger partial charge in [-0.2, -0.15) is 5.10 Å². The lowest BCUT2D eigenvalue weighted by molar-refractivity contribution is -0.122. The second kappa shape index (κ2) is 8.84. The molecular weight excluding hydrogens is 346 g/mol. The highest BCUT2D eigenvalue weighted by Gasteiger charge is 2.16. The molecule has 2 aromatic carbocycles. The second-order valence-corrected chi connectivity index (χ2v) is 6.16. The first-order valence-electron chi connectivity index (χ1n) is 8.40. The molecule has 7 heteroatoms. The van der Waals surface area contributed by atoms with E-state index in [1.807, 2.05) is 0 Å². The number of carbonyl (C=O) groups is 2. The minimum absolute atomic E-state index is 0.242. The number of nitrogens with zero attached hydrogens (tertiary/aromatic N) is 1. The molecule has 2 rings (SSSR count). The molecule has 1 atom stereocenters. The van der Waals surface area contributed by atoms with Crippen molar-refractivity contribution < 1.29 is 19.4 Å². The number of phenolic OH excluding ortho intramolecular Hbond substituents is 1. The summed E-state index contributed by atoms with van der Waals surface area (Å²) in [5.41, 5.74) is 5.02. The lowest BCUT2D eigenvalue weighted by atomic mass is 10.1. The summed E-state index contributed by atoms with van der Waals surface area (Å²) in [6.07, 6.45) is 1.48. The van der Waals surface area contributed by atoms with Gasteiger partial charge in [0, 0.05) is 5.56 Å². The molecular formula is C20H23N3O4. The van der Waals surface area contributed by atoms with Crippen molar-refractivity contribution in [3.05, 3.63) is 58.7 Å². The summed E-state index contributed by atoms with van der Waals surface area (Å²) in [4.78, 5) is 24.3. The summed E-state index contributed by atoms with van der Waals surface area (Å²) in [5, 5.41) is 16.3. The Hall–Kier alpha value is -3.35. The highest BCUT2D eigenvalue weighted by Crippen LogP contribution is 2.21. The van der Waals surface area contributed by atoms with Crippen LogP contribution in [-0.2, 0) is 4.79 Å². The number of aromatic hydroxyl groups is 1. The Morgan fingerprint density at radius 1 is 1.15 bits per heavy atom. The van der Waals surface area contributed by atoms with Crippen molar-refractivity contribution in [3.63, 3.8) is 0 Å². The molecule has 27 heavy (non-hydrogen) atoms. The largest absolute Gasteiger partial charge is 0.507 e. The zero-order valence-corrected chi connectivity index (χ0v) is 15.7. The van der Waals surface area contributed by atoms with Crippen molar-refractivity contribution in [1.82, 2.24) is 10.7 Å². The number of ether oxygens (including phenoxy) is 1. The van der Waals surface area contributed by atoms with E-state index in [4.69, 9.17) is 4.74 Å². The molecule has 0 heterocycles. The van der Waals surface area contributed by atoms with E-state index >= 15 is 0 Å². The second-order valence-electron chi connectivity index (χ2n) is 6.16. The van der Waals surface area contributed by atoms with E-state index in [0.29, 0.717) is 11.3 Å². The molecule has 0 radical (unpaired) electrons. The third kappa shape index (κ3) is 5.31. The van der Waals surface area contributed by atoms with Crippen LogP contribution in [0.3, 0.4) is 0 Å². The van der Waals surface area contributed by atoms with Crippen LogP contribution in [0.15, 0.2) is 41.5 Å². The van der Waals surface area contributed by atoms with Crippen LogP contribution in [0.4, 0.5) is 0 Å². The number of amides is 2. The van der Waals surface area contributed by atoms with E-state index in [9.17, 15) is 14.7 Å². The number of hydrogen-bond donors (Lipinski definition) is 3. The van der Waals surface area contributed by atoms with Gasteiger partial charge in [0.05, 0.1) is 13.3 Å². The fourth-order valence-electron chi connectivity index (χ4n) is 2.42. The van der Waals surface area contributed by atoms with Gasteiger partial charge in [0.25, 0.3) is 11.8 Å². The molecule has 0 aliphatic rings. The number of nitrogens with one attached hydrogen (secondary N) is 2. The van der Waals surface area contributed by atoms with Gasteiger partial charge in [0.15, 0.2) is 0 Å². The molecule has 0 bridgehead atoms. The molecule has 142 valence electrons. The number of carbonyl (C=O) groups excluding carboxylic acids is 2. The maximum atomic E-state index is 12.2. The highest BCUT2D eigenvalue weighted by molar-refractivity contribution is 5.97. The third-order valence-electron chi connectivity index (χ3n) is 3.99. The molecule has 0 spiro atoms. The number of benzene rings is 2. The molecule has 7 nitrogen and oxygen atoms in total. The van der Waals surface area contributed by atoms with Gasteiger partial charge in [0.2, 0.25) is 0 Å². The molecule has 0 saturated heterocycles. The van der Waals surface area contributed by atoms with Crippen molar-refractivity contribution in [2.75, 3.05) is 7.11 Å². The molecule has 3 N–H and O–H groups in total. The number of hydrazone groups is 1. The van der Waals surface area contributed by atoms with Crippen molar-refractivity contribution in [3.8, 4) is 11.5 Å². The standard InChI is InChI=1S/C20H23N3O4/c1-12-9-15(10-13(2)18(12)24)11-21-23-19(25)14(3)22-20(26)16-5-7-17(27-4)8-6-16/h5-11,14,24H,1-4H3,(H,22,26)(H,23,25). The fraction of sp³-hybridized carbons (Fsp3) is 0.250. The van der Waals surface area contributed by atoms with E-state index in [1.165, 1.54) is 6.21 Å². The summed E-state index contributed by atoms with van der Waals surface area (Å²) in [6, 6.07) is 9.33. The average Bonchev–Trinajstić information content (AvgIpc) is 2.65. The average molecular weight is 369 g/mol. The molecule has 2 amide bonds. The van der Waals surface area contributed by atoms with Crippen LogP contribution in [0, 0.1) is 13.8 Å². The zero-order valence-electron chi connectivity index (χ0n) is 15.7. The quantitative estimate of drug-likeness (QED) is 0.537. The van der Waals surface area contributed by atoms with E-state index in [1.54, 1.807) is 64.3 Å². The van der Waals surface area contributed by atoms with E-state index in [0.717, 1.165) is 16.7 Å². The normalized spacial score (nSPS) is 11.9. The van der Waals surface area contributed by atoms with Crippen molar-refractivity contribution in [2.24, 2.45) is 5.10 Å². The Kier molecular flexibility index (Phi) is 6.54. The van der Waals surface area contributed by atoms with Crippen LogP contribution < -0.4 is 15.5 Å². The topological polar surface area (TPSA) is 100 Å². The van der Waals surface area contributed by atoms with Crippen molar-refractivity contribution in [2.45, 2.75) is 26.8 Å². The zero-order chi connectivity index (χ0) is 20.0. The van der Waals surface area contributed by atoms with Gasteiger partial charge in [0.1, 0.15) is 17.5 Å². The SMILES string of the molecule is COc1ccc(C(=O)NC(C)C(=O)NN=Cc2cc(C)c(O)c(C)c2)cc1. The molecule has 0 aromatic heterocycles. The van der Waals surface area contributed by atoms with E-state index < -0.39 is 11.9 Å². The van der Waals surface area contributed by atoms with Gasteiger partial charge < -0.3 is 15.2 Å². The van der Waals surface area contributed by atoms with Gasteiger partial charge in [-0.3, -0.25) is 9.59 Å². The highest BCUT2D eigenvalue weighted by atomic mass is 16.5. The minimum Gasteiger partial charge on any atom is -0.507 e. The molecule has 0 aliphatic carbocycles. The fourth-order valence-corrected chi connectivity index (χ4v) is 2.42. The van der Waals surface area contributed by atoms with Crippen molar-refractivity contribution in [1.29, 1.82) is 0 Å². The molecule has 0 aliphatic heterocycles. The lowest BCUT2D eigenvalue weighted by Crippen LogP contribution is -2.43. The maximum absolute atomic E-state index is 12.2. The Labute approximate surface area is 158 Å². The molecule has 0 saturated carbocycles. The maximum Gasteiger partial charge on any atom is 0.262 e. The number of methoxy groups -OCH3 is 1. The summed E-state index contributed by atoms with van der Waals surface area (Å²) in [6.45, 7) is 5.14. The first-order chi connectivity index (χ1) is 12.8. The van der Waals surface area contributed by atoms with E-state index in [-0.39, 0.29) is 11.7 Å². The summed E-state index contributed by atoms with van der Waals surface area (Å²) < 4.78 is 5.04. The Balaban J connectivity index is 1.92. The van der Waals surface area contributed by atoms with Gasteiger partial charge in [-0.15, -0.1) is 0 Å². The Bertz CT molecular complexity index is 837. The van der Waals surface area contributed by atoms with Crippen molar-refractivity contribution >= 4 is 18.0 Å². The van der Waals surface area contributed by atoms with Crippen LogP contribution in [0.1, 0.15) is 34.0 Å². The van der Waals surface area contributed by atoms with Gasteiger partial charge in [-0.25, -0.2) is 5.43 Å². The van der Waals surface area contributed by atoms with Crippen LogP contribution >= 0.6 is 0 Å². The monoisotopic (exact) mass is 369 g/mol. The predicted octanol–water partition coefficient (Wildman–Crippen LogP) is 2.29. The first kappa shape index (κ1) is 20.0. The smallest absolute Gasteiger partial charge is 0.262 e. The van der Waals surface area contributed by atoms with Crippen LogP contribution in [0.5, 0.6) is 11.5 Å². The number of rotatable bonds is 6. The third-order valence-corrected chi connectivity index (χ3v) is 3.99. The number of hydrogen-bond acceptors (Lipinski definition) is 5. The molecule has 2 aromatic rings. The van der Waals surface area contributed by atoms with Gasteiger partial charge >= 0.3 is 0 Å². The predicted molar refractivity (Wildman–Crippen MR) is 103 cm³/mol. The number of phenols is 1. The lowest BCUT2D eigenvalue weighted by Gasteiger charge is -2.12. The van der Waals surface area contributed by atoms with E-state index in [2.05, 4.69) is 15.8 Å². The molecule has 0 fully saturated rings. The van der Waals surface area contributed by atoms with Crippen LogP contribution in [0.25, 0.3) is 0 Å². The summed E-state index contributed by atoms with van der Waals surface area (Å²) in [7, 11) is 1.54. The Morgan fingerprint density at radius 3 is 2.30 bits per heavy atom. The van der Waals surface area contributed by atoms with Gasteiger partial charge in [-0.1, -0.05) is 0 Å². The minimum atomic E-state index is -0.764. The Morgan fingerprint density at radius 2 is 1.74 bits per heavy atom. The summed E-state index contributed by atoms with van der Waals surface area (Å²) in [5.74, 6) is 0.0758.